The van der Waals surface area contributed by atoms with Gasteiger partial charge in [0.1, 0.15) is 0 Å². The first-order chi connectivity index (χ1) is 17.0. The lowest BCUT2D eigenvalue weighted by atomic mass is 9.84. The van der Waals surface area contributed by atoms with E-state index in [-0.39, 0.29) is 11.9 Å². The molecule has 6 heteroatoms. The van der Waals surface area contributed by atoms with Crippen molar-refractivity contribution in [3.63, 3.8) is 0 Å². The zero-order chi connectivity index (χ0) is 24.2. The highest BCUT2D eigenvalue weighted by atomic mass is 35.5. The molecule has 2 N–H and O–H groups in total. The lowest BCUT2D eigenvalue weighted by molar-refractivity contribution is -0.117. The summed E-state index contributed by atoms with van der Waals surface area (Å²) in [5.41, 5.74) is 3.61. The average Bonchev–Trinajstić information content (AvgIpc) is 3.31. The highest BCUT2D eigenvalue weighted by Crippen LogP contribution is 2.34. The van der Waals surface area contributed by atoms with Gasteiger partial charge in [0.05, 0.1) is 10.0 Å². The normalized spacial score (nSPS) is 22.1. The van der Waals surface area contributed by atoms with Crippen LogP contribution in [0.5, 0.6) is 0 Å². The molecule has 1 aromatic heterocycles. The monoisotopic (exact) mass is 509 g/mol. The van der Waals surface area contributed by atoms with Crippen molar-refractivity contribution in [1.82, 2.24) is 15.2 Å². The fraction of sp³-hybridized carbons (Fsp3) is 0.414. The summed E-state index contributed by atoms with van der Waals surface area (Å²) in [5, 5.41) is 5.57. The third kappa shape index (κ3) is 6.11. The molecule has 5 rings (SSSR count). The van der Waals surface area contributed by atoms with Crippen LogP contribution in [-0.4, -0.2) is 41.5 Å². The van der Waals surface area contributed by atoms with E-state index in [0.29, 0.717) is 16.0 Å². The molecule has 0 radical (unpaired) electrons. The van der Waals surface area contributed by atoms with Crippen LogP contribution in [0.15, 0.2) is 54.7 Å². The Labute approximate surface area is 217 Å². The summed E-state index contributed by atoms with van der Waals surface area (Å²) < 4.78 is 0. The molecule has 0 spiro atoms. The number of rotatable bonds is 6. The largest absolute Gasteiger partial charge is 0.361 e. The van der Waals surface area contributed by atoms with Gasteiger partial charge in [0, 0.05) is 35.8 Å². The second-order valence-electron chi connectivity index (χ2n) is 10.1. The number of fused-ring (bicyclic) bond motifs is 1. The molecule has 2 fully saturated rings. The number of nitrogens with zero attached hydrogens (tertiary/aromatic N) is 1. The minimum atomic E-state index is -0.0427. The van der Waals surface area contributed by atoms with Gasteiger partial charge in [0.15, 0.2) is 0 Å². The molecule has 0 unspecified atom stereocenters. The van der Waals surface area contributed by atoms with Crippen molar-refractivity contribution in [2.45, 2.75) is 50.5 Å². The number of nitrogens with one attached hydrogen (secondary N) is 2. The average molecular weight is 511 g/mol. The molecular formula is C29H33Cl2N3O. The van der Waals surface area contributed by atoms with Gasteiger partial charge in [-0.05, 0) is 98.9 Å². The minimum Gasteiger partial charge on any atom is -0.361 e. The van der Waals surface area contributed by atoms with E-state index in [2.05, 4.69) is 45.7 Å². The molecular weight excluding hydrogens is 477 g/mol. The number of benzene rings is 2. The molecule has 2 aromatic carbocycles. The number of hydrogen-bond acceptors (Lipinski definition) is 2. The highest BCUT2D eigenvalue weighted by molar-refractivity contribution is 6.42. The first-order valence-corrected chi connectivity index (χ1v) is 13.5. The Bertz CT molecular complexity index is 1190. The number of likely N-dealkylation sites (tertiary alicyclic amines) is 1. The maximum atomic E-state index is 12.4. The molecule has 184 valence electrons. The van der Waals surface area contributed by atoms with Crippen LogP contribution in [0.1, 0.15) is 55.6 Å². The summed E-state index contributed by atoms with van der Waals surface area (Å²) in [6, 6.07) is 14.3. The molecule has 2 aliphatic rings. The molecule has 0 atom stereocenters. The molecule has 4 nitrogen and oxygen atoms in total. The van der Waals surface area contributed by atoms with E-state index in [1.165, 1.54) is 61.8 Å². The van der Waals surface area contributed by atoms with Crippen LogP contribution in [0.25, 0.3) is 17.0 Å². The van der Waals surface area contributed by atoms with E-state index in [1.807, 2.05) is 6.07 Å². The van der Waals surface area contributed by atoms with Crippen LogP contribution in [0.4, 0.5) is 0 Å². The van der Waals surface area contributed by atoms with Gasteiger partial charge in [-0.1, -0.05) is 47.5 Å². The van der Waals surface area contributed by atoms with Gasteiger partial charge in [-0.25, -0.2) is 0 Å². The van der Waals surface area contributed by atoms with Crippen molar-refractivity contribution in [2.75, 3.05) is 19.6 Å². The number of amides is 1. The smallest absolute Gasteiger partial charge is 0.244 e. The Hall–Kier alpha value is -2.27. The van der Waals surface area contributed by atoms with E-state index in [4.69, 9.17) is 23.2 Å². The van der Waals surface area contributed by atoms with Gasteiger partial charge in [-0.15, -0.1) is 0 Å². The minimum absolute atomic E-state index is 0.0427. The summed E-state index contributed by atoms with van der Waals surface area (Å²) in [5.74, 6) is 1.35. The second kappa shape index (κ2) is 11.2. The first-order valence-electron chi connectivity index (χ1n) is 12.8. The Morgan fingerprint density at radius 1 is 1.00 bits per heavy atom. The lowest BCUT2D eigenvalue weighted by Crippen LogP contribution is -2.41. The second-order valence-corrected chi connectivity index (χ2v) is 10.9. The zero-order valence-electron chi connectivity index (χ0n) is 20.0. The molecule has 3 aromatic rings. The summed E-state index contributed by atoms with van der Waals surface area (Å²) in [4.78, 5) is 18.5. The summed E-state index contributed by atoms with van der Waals surface area (Å²) in [6.45, 7) is 3.55. The van der Waals surface area contributed by atoms with Crippen LogP contribution < -0.4 is 5.32 Å². The standard InChI is InChI=1S/C29H33Cl2N3O/c30-26-11-7-20(17-27(26)31)8-12-29(35)33-23-9-5-21(6-10-23)19-34-15-13-22(14-16-34)25-18-32-28-4-2-1-3-24(25)28/h1-4,7-8,11-12,17-18,21-23,32H,5-6,9-10,13-16,19H2,(H,33,35)/b12-8+. The highest BCUT2D eigenvalue weighted by Gasteiger charge is 2.27. The van der Waals surface area contributed by atoms with Crippen molar-refractivity contribution in [3.8, 4) is 0 Å². The summed E-state index contributed by atoms with van der Waals surface area (Å²) in [7, 11) is 0. The maximum absolute atomic E-state index is 12.4. The number of piperidine rings is 1. The Morgan fingerprint density at radius 2 is 1.77 bits per heavy atom. The van der Waals surface area contributed by atoms with Gasteiger partial charge in [0.2, 0.25) is 5.91 Å². The van der Waals surface area contributed by atoms with Crippen molar-refractivity contribution >= 4 is 46.1 Å². The van der Waals surface area contributed by atoms with Gasteiger partial charge >= 0.3 is 0 Å². The number of aromatic nitrogens is 1. The van der Waals surface area contributed by atoms with Gasteiger partial charge in [0.25, 0.3) is 0 Å². The van der Waals surface area contributed by atoms with Crippen molar-refractivity contribution < 1.29 is 4.79 Å². The third-order valence-electron chi connectivity index (χ3n) is 7.73. The van der Waals surface area contributed by atoms with E-state index in [9.17, 15) is 4.79 Å². The summed E-state index contributed by atoms with van der Waals surface area (Å²) in [6.07, 6.45) is 12.5. The van der Waals surface area contributed by atoms with Gasteiger partial charge in [-0.2, -0.15) is 0 Å². The van der Waals surface area contributed by atoms with Crippen molar-refractivity contribution in [1.29, 1.82) is 0 Å². The first kappa shape index (κ1) is 24.4. The van der Waals surface area contributed by atoms with Crippen LogP contribution in [0.2, 0.25) is 10.0 Å². The third-order valence-corrected chi connectivity index (χ3v) is 8.47. The quantitative estimate of drug-likeness (QED) is 0.350. The molecule has 1 saturated heterocycles. The zero-order valence-corrected chi connectivity index (χ0v) is 21.5. The van der Waals surface area contributed by atoms with Crippen LogP contribution in [-0.2, 0) is 4.79 Å². The predicted octanol–water partition coefficient (Wildman–Crippen LogP) is 7.04. The number of para-hydroxylation sites is 1. The number of hydrogen-bond donors (Lipinski definition) is 2. The van der Waals surface area contributed by atoms with E-state index < -0.39 is 0 Å². The van der Waals surface area contributed by atoms with Crippen molar-refractivity contribution in [2.24, 2.45) is 5.92 Å². The molecule has 2 heterocycles. The molecule has 0 bridgehead atoms. The lowest BCUT2D eigenvalue weighted by Gasteiger charge is -2.36. The predicted molar refractivity (Wildman–Crippen MR) is 146 cm³/mol. The number of halogens is 2. The number of carbonyl (C=O) groups excluding carboxylic acids is 1. The molecule has 1 saturated carbocycles. The fourth-order valence-electron chi connectivity index (χ4n) is 5.75. The fourth-order valence-corrected chi connectivity index (χ4v) is 6.06. The van der Waals surface area contributed by atoms with Gasteiger partial charge in [-0.3, -0.25) is 4.79 Å². The molecule has 1 aliphatic heterocycles. The Kier molecular flexibility index (Phi) is 7.81. The van der Waals surface area contributed by atoms with Crippen LogP contribution in [0.3, 0.4) is 0 Å². The maximum Gasteiger partial charge on any atom is 0.244 e. The molecule has 1 amide bonds. The topological polar surface area (TPSA) is 48.1 Å². The number of aromatic amines is 1. The van der Waals surface area contributed by atoms with Crippen molar-refractivity contribution in [3.05, 3.63) is 75.9 Å². The van der Waals surface area contributed by atoms with E-state index in [1.54, 1.807) is 24.3 Å². The molecule has 1 aliphatic carbocycles. The number of H-pyrrole nitrogens is 1. The van der Waals surface area contributed by atoms with Crippen LogP contribution >= 0.6 is 23.2 Å². The van der Waals surface area contributed by atoms with Crippen LogP contribution in [0, 0.1) is 5.92 Å². The number of carbonyl (C=O) groups is 1. The van der Waals surface area contributed by atoms with E-state index >= 15 is 0 Å². The van der Waals surface area contributed by atoms with E-state index in [0.717, 1.165) is 24.3 Å². The summed E-state index contributed by atoms with van der Waals surface area (Å²) >= 11 is 12.0. The molecule has 35 heavy (non-hydrogen) atoms. The Morgan fingerprint density at radius 3 is 2.54 bits per heavy atom. The SMILES string of the molecule is O=C(/C=C/c1ccc(Cl)c(Cl)c1)NC1CCC(CN2CCC(c3c[nH]c4ccccc34)CC2)CC1. The van der Waals surface area contributed by atoms with Gasteiger partial charge < -0.3 is 15.2 Å². The Balaban J connectivity index is 1.04.